The second-order valence-corrected chi connectivity index (χ2v) is 10.3. The zero-order chi connectivity index (χ0) is 18.9. The summed E-state index contributed by atoms with van der Waals surface area (Å²) in [6, 6.07) is 15.8. The maximum atomic E-state index is 12.9. The smallest absolute Gasteiger partial charge is 0.244 e. The van der Waals surface area contributed by atoms with Gasteiger partial charge in [-0.3, -0.25) is 4.90 Å². The van der Waals surface area contributed by atoms with Gasteiger partial charge < -0.3 is 0 Å². The van der Waals surface area contributed by atoms with Crippen molar-refractivity contribution >= 4 is 26.0 Å². The fourth-order valence-corrected chi connectivity index (χ4v) is 6.63. The van der Waals surface area contributed by atoms with Gasteiger partial charge in [0.15, 0.2) is 0 Å². The highest BCUT2D eigenvalue weighted by molar-refractivity contribution is 9.10. The highest BCUT2D eigenvalue weighted by Gasteiger charge is 2.31. The molecule has 0 unspecified atom stereocenters. The van der Waals surface area contributed by atoms with Crippen LogP contribution in [0.15, 0.2) is 57.9 Å². The fraction of sp³-hybridized carbons (Fsp3) is 0.429. The van der Waals surface area contributed by atoms with E-state index in [9.17, 15) is 8.42 Å². The lowest BCUT2D eigenvalue weighted by Gasteiger charge is -2.36. The maximum Gasteiger partial charge on any atom is 0.244 e. The molecule has 0 aliphatic carbocycles. The Kier molecular flexibility index (Phi) is 5.69. The van der Waals surface area contributed by atoms with Gasteiger partial charge in [-0.05, 0) is 64.4 Å². The Balaban J connectivity index is 1.35. The van der Waals surface area contributed by atoms with Crippen molar-refractivity contribution in [1.29, 1.82) is 0 Å². The van der Waals surface area contributed by atoms with E-state index in [4.69, 9.17) is 0 Å². The molecule has 2 aliphatic rings. The fourth-order valence-electron chi connectivity index (χ4n) is 4.20. The molecule has 0 N–H and O–H groups in total. The molecule has 0 amide bonds. The Morgan fingerprint density at radius 2 is 1.59 bits per heavy atom. The predicted molar refractivity (Wildman–Crippen MR) is 111 cm³/mol. The van der Waals surface area contributed by atoms with E-state index >= 15 is 0 Å². The predicted octanol–water partition coefficient (Wildman–Crippen LogP) is 3.91. The molecule has 1 fully saturated rings. The van der Waals surface area contributed by atoms with Gasteiger partial charge >= 0.3 is 0 Å². The van der Waals surface area contributed by atoms with Crippen molar-refractivity contribution in [3.05, 3.63) is 64.1 Å². The van der Waals surface area contributed by atoms with Gasteiger partial charge in [-0.15, -0.1) is 0 Å². The van der Waals surface area contributed by atoms with Crippen molar-refractivity contribution in [1.82, 2.24) is 9.21 Å². The SMILES string of the molecule is O=S(=O)(c1ccccc1Br)N1CCC(CN2CCc3ccccc3C2)CC1. The molecule has 2 heterocycles. The number of sulfonamides is 1. The molecule has 4 rings (SSSR count). The van der Waals surface area contributed by atoms with Crippen LogP contribution in [-0.2, 0) is 23.0 Å². The van der Waals surface area contributed by atoms with Crippen LogP contribution in [0.4, 0.5) is 0 Å². The van der Waals surface area contributed by atoms with Crippen LogP contribution in [-0.4, -0.2) is 43.8 Å². The molecule has 144 valence electrons. The summed E-state index contributed by atoms with van der Waals surface area (Å²) in [6.07, 6.45) is 2.98. The highest BCUT2D eigenvalue weighted by atomic mass is 79.9. The first-order valence-electron chi connectivity index (χ1n) is 9.58. The Labute approximate surface area is 170 Å². The van der Waals surface area contributed by atoms with Crippen LogP contribution in [0.3, 0.4) is 0 Å². The lowest BCUT2D eigenvalue weighted by molar-refractivity contribution is 0.171. The number of nitrogens with zero attached hydrogens (tertiary/aromatic N) is 2. The van der Waals surface area contributed by atoms with E-state index in [0.29, 0.717) is 28.4 Å². The minimum Gasteiger partial charge on any atom is -0.298 e. The van der Waals surface area contributed by atoms with Crippen LogP contribution in [0.5, 0.6) is 0 Å². The van der Waals surface area contributed by atoms with Crippen molar-refractivity contribution in [2.24, 2.45) is 5.92 Å². The number of hydrogen-bond donors (Lipinski definition) is 0. The Morgan fingerprint density at radius 1 is 0.926 bits per heavy atom. The molecule has 1 saturated heterocycles. The summed E-state index contributed by atoms with van der Waals surface area (Å²) in [6.45, 7) is 4.41. The van der Waals surface area contributed by atoms with Crippen LogP contribution in [0.2, 0.25) is 0 Å². The van der Waals surface area contributed by atoms with Gasteiger partial charge in [-0.25, -0.2) is 8.42 Å². The highest BCUT2D eigenvalue weighted by Crippen LogP contribution is 2.29. The standard InChI is InChI=1S/C21H25BrN2O2S/c22-20-7-3-4-8-21(20)27(25,26)24-13-9-17(10-14-24)15-23-12-11-18-5-1-2-6-19(18)16-23/h1-8,17H,9-16H2. The van der Waals surface area contributed by atoms with E-state index in [1.807, 2.05) is 6.07 Å². The summed E-state index contributed by atoms with van der Waals surface area (Å²) < 4.78 is 28.1. The molecule has 0 bridgehead atoms. The molecule has 0 aromatic heterocycles. The maximum absolute atomic E-state index is 12.9. The molecular weight excluding hydrogens is 424 g/mol. The number of rotatable bonds is 4. The first-order valence-corrected chi connectivity index (χ1v) is 11.8. The topological polar surface area (TPSA) is 40.6 Å². The molecule has 27 heavy (non-hydrogen) atoms. The molecule has 2 aromatic rings. The lowest BCUT2D eigenvalue weighted by Crippen LogP contribution is -2.42. The third-order valence-corrected chi connectivity index (χ3v) is 8.66. The molecular formula is C21H25BrN2O2S. The monoisotopic (exact) mass is 448 g/mol. The van der Waals surface area contributed by atoms with E-state index in [1.165, 1.54) is 11.1 Å². The molecule has 0 radical (unpaired) electrons. The summed E-state index contributed by atoms with van der Waals surface area (Å²) in [4.78, 5) is 2.90. The molecule has 6 heteroatoms. The minimum atomic E-state index is -3.42. The Morgan fingerprint density at radius 3 is 2.33 bits per heavy atom. The lowest BCUT2D eigenvalue weighted by atomic mass is 9.94. The van der Waals surface area contributed by atoms with E-state index in [1.54, 1.807) is 22.5 Å². The largest absolute Gasteiger partial charge is 0.298 e. The Bertz CT molecular complexity index is 908. The van der Waals surface area contributed by atoms with Gasteiger partial charge in [0.05, 0.1) is 4.90 Å². The minimum absolute atomic E-state index is 0.371. The zero-order valence-corrected chi connectivity index (χ0v) is 17.8. The van der Waals surface area contributed by atoms with Gasteiger partial charge in [0.1, 0.15) is 0 Å². The van der Waals surface area contributed by atoms with Crippen LogP contribution in [0, 0.1) is 5.92 Å². The molecule has 4 nitrogen and oxygen atoms in total. The number of benzene rings is 2. The zero-order valence-electron chi connectivity index (χ0n) is 15.4. The van der Waals surface area contributed by atoms with Crippen molar-refractivity contribution in [2.75, 3.05) is 26.2 Å². The van der Waals surface area contributed by atoms with E-state index in [2.05, 4.69) is 45.1 Å². The molecule has 0 spiro atoms. The normalized spacial score (nSPS) is 19.7. The number of piperidine rings is 1. The summed E-state index contributed by atoms with van der Waals surface area (Å²) in [5.41, 5.74) is 2.92. The van der Waals surface area contributed by atoms with Gasteiger partial charge in [-0.1, -0.05) is 36.4 Å². The number of halogens is 1. The Hall–Kier alpha value is -1.21. The third-order valence-electron chi connectivity index (χ3n) is 5.75. The van der Waals surface area contributed by atoms with Crippen LogP contribution < -0.4 is 0 Å². The molecule has 2 aliphatic heterocycles. The van der Waals surface area contributed by atoms with E-state index in [-0.39, 0.29) is 0 Å². The number of hydrogen-bond acceptors (Lipinski definition) is 3. The van der Waals surface area contributed by atoms with Gasteiger partial charge in [-0.2, -0.15) is 4.31 Å². The number of fused-ring (bicyclic) bond motifs is 1. The van der Waals surface area contributed by atoms with Gasteiger partial charge in [0.2, 0.25) is 10.0 Å². The van der Waals surface area contributed by atoms with Gasteiger partial charge in [0, 0.05) is 37.2 Å². The quantitative estimate of drug-likeness (QED) is 0.711. The van der Waals surface area contributed by atoms with Crippen LogP contribution >= 0.6 is 15.9 Å². The van der Waals surface area contributed by atoms with Crippen LogP contribution in [0.25, 0.3) is 0 Å². The van der Waals surface area contributed by atoms with E-state index < -0.39 is 10.0 Å². The average molecular weight is 449 g/mol. The summed E-state index contributed by atoms with van der Waals surface area (Å²) >= 11 is 3.38. The second kappa shape index (κ2) is 8.03. The third kappa shape index (κ3) is 4.14. The van der Waals surface area contributed by atoms with E-state index in [0.717, 1.165) is 38.9 Å². The molecule has 2 aromatic carbocycles. The van der Waals surface area contributed by atoms with Crippen molar-refractivity contribution in [3.63, 3.8) is 0 Å². The van der Waals surface area contributed by atoms with Crippen molar-refractivity contribution in [3.8, 4) is 0 Å². The van der Waals surface area contributed by atoms with Crippen LogP contribution in [0.1, 0.15) is 24.0 Å². The summed E-state index contributed by atoms with van der Waals surface area (Å²) in [5, 5.41) is 0. The second-order valence-electron chi connectivity index (χ2n) is 7.53. The molecule has 0 saturated carbocycles. The van der Waals surface area contributed by atoms with Crippen molar-refractivity contribution < 1.29 is 8.42 Å². The van der Waals surface area contributed by atoms with Gasteiger partial charge in [0.25, 0.3) is 0 Å². The first-order chi connectivity index (χ1) is 13.0. The summed E-state index contributed by atoms with van der Waals surface area (Å²) in [7, 11) is -3.42. The summed E-state index contributed by atoms with van der Waals surface area (Å²) in [5.74, 6) is 0.570. The molecule has 0 atom stereocenters. The average Bonchev–Trinajstić information content (AvgIpc) is 2.68. The first kappa shape index (κ1) is 19.1. The van der Waals surface area contributed by atoms with Crippen molar-refractivity contribution in [2.45, 2.75) is 30.7 Å².